The maximum Gasteiger partial charge on any atom is 0.416 e. The van der Waals surface area contributed by atoms with Crippen LogP contribution in [0.3, 0.4) is 0 Å². The molecule has 1 aliphatic heterocycles. The molecule has 2 N–H and O–H groups in total. The molecule has 1 aromatic rings. The van der Waals surface area contributed by atoms with Crippen molar-refractivity contribution >= 4 is 24.0 Å². The van der Waals surface area contributed by atoms with Crippen molar-refractivity contribution in [3.8, 4) is 0 Å². The Morgan fingerprint density at radius 3 is 2.67 bits per heavy atom. The van der Waals surface area contributed by atoms with Crippen LogP contribution < -0.4 is 10.6 Å². The highest BCUT2D eigenvalue weighted by molar-refractivity contribution is 5.92. The Hall–Kier alpha value is -1.27. The van der Waals surface area contributed by atoms with Gasteiger partial charge in [-0.25, -0.2) is 0 Å². The van der Waals surface area contributed by atoms with Gasteiger partial charge in [-0.1, -0.05) is 6.07 Å². The number of hydrogen-bond donors (Lipinski definition) is 2. The average Bonchev–Trinajstić information content (AvgIpc) is 2.40. The van der Waals surface area contributed by atoms with Gasteiger partial charge >= 0.3 is 6.18 Å². The van der Waals surface area contributed by atoms with Crippen LogP contribution in [-0.4, -0.2) is 19.0 Å². The molecule has 0 radical (unpaired) electrons. The lowest BCUT2D eigenvalue weighted by atomic mass is 9.98. The van der Waals surface area contributed by atoms with Crippen LogP contribution in [0.4, 0.5) is 18.9 Å². The molecule has 1 atom stereocenters. The molecule has 118 valence electrons. The minimum absolute atomic E-state index is 0. The standard InChI is InChI=1S/C14H17F3N2O.ClH/c1-9-4-5-11(7-12(9)14(15,16)17)19-13(20)10-3-2-6-18-8-10;/h4-5,7,10,18H,2-3,6,8H2,1H3,(H,19,20);1H/t10-;/m1./s1. The molecule has 21 heavy (non-hydrogen) atoms. The summed E-state index contributed by atoms with van der Waals surface area (Å²) in [5.74, 6) is -0.409. The van der Waals surface area contributed by atoms with Gasteiger partial charge in [0, 0.05) is 12.2 Å². The van der Waals surface area contributed by atoms with Crippen molar-refractivity contribution < 1.29 is 18.0 Å². The van der Waals surface area contributed by atoms with Crippen molar-refractivity contribution in [3.05, 3.63) is 29.3 Å². The number of nitrogens with one attached hydrogen (secondary N) is 2. The summed E-state index contributed by atoms with van der Waals surface area (Å²) in [5.41, 5.74) is -0.370. The predicted octanol–water partition coefficient (Wildman–Crippen LogP) is 3.37. The van der Waals surface area contributed by atoms with Crippen LogP contribution >= 0.6 is 12.4 Å². The molecular formula is C14H18ClF3N2O. The molecule has 2 rings (SSSR count). The van der Waals surface area contributed by atoms with E-state index in [2.05, 4.69) is 10.6 Å². The van der Waals surface area contributed by atoms with E-state index in [4.69, 9.17) is 0 Å². The lowest BCUT2D eigenvalue weighted by Crippen LogP contribution is -2.37. The molecule has 1 amide bonds. The number of anilines is 1. The third-order valence-electron chi connectivity index (χ3n) is 3.48. The Labute approximate surface area is 127 Å². The van der Waals surface area contributed by atoms with Crippen LogP contribution in [0.1, 0.15) is 24.0 Å². The van der Waals surface area contributed by atoms with Gasteiger partial charge in [-0.05, 0) is 44.0 Å². The summed E-state index contributed by atoms with van der Waals surface area (Å²) in [6.07, 6.45) is -2.74. The zero-order valence-corrected chi connectivity index (χ0v) is 12.4. The summed E-state index contributed by atoms with van der Waals surface area (Å²) >= 11 is 0. The van der Waals surface area contributed by atoms with E-state index >= 15 is 0 Å². The highest BCUT2D eigenvalue weighted by Crippen LogP contribution is 2.33. The topological polar surface area (TPSA) is 41.1 Å². The predicted molar refractivity (Wildman–Crippen MR) is 77.7 cm³/mol. The van der Waals surface area contributed by atoms with Crippen molar-refractivity contribution in [3.63, 3.8) is 0 Å². The number of halogens is 4. The second kappa shape index (κ2) is 7.13. The average molecular weight is 323 g/mol. The molecule has 0 aromatic heterocycles. The summed E-state index contributed by atoms with van der Waals surface area (Å²) in [4.78, 5) is 12.0. The van der Waals surface area contributed by atoms with Gasteiger partial charge in [-0.15, -0.1) is 12.4 Å². The Morgan fingerprint density at radius 2 is 2.10 bits per heavy atom. The molecule has 1 fully saturated rings. The first-order valence-corrected chi connectivity index (χ1v) is 6.57. The summed E-state index contributed by atoms with van der Waals surface area (Å²) < 4.78 is 38.4. The van der Waals surface area contributed by atoms with Crippen molar-refractivity contribution in [2.45, 2.75) is 25.9 Å². The summed E-state index contributed by atoms with van der Waals surface area (Å²) in [5, 5.41) is 5.68. The van der Waals surface area contributed by atoms with E-state index in [1.54, 1.807) is 0 Å². The first-order chi connectivity index (χ1) is 9.38. The van der Waals surface area contributed by atoms with Crippen LogP contribution in [0, 0.1) is 12.8 Å². The lowest BCUT2D eigenvalue weighted by molar-refractivity contribution is -0.138. The molecule has 0 unspecified atom stereocenters. The van der Waals surface area contributed by atoms with E-state index in [1.807, 2.05) is 0 Å². The number of benzene rings is 1. The SMILES string of the molecule is Cc1ccc(NC(=O)[C@@H]2CCCNC2)cc1C(F)(F)F.Cl. The van der Waals surface area contributed by atoms with E-state index < -0.39 is 11.7 Å². The first kappa shape index (κ1) is 17.8. The van der Waals surface area contributed by atoms with Gasteiger partial charge in [0.1, 0.15) is 0 Å². The van der Waals surface area contributed by atoms with E-state index in [1.165, 1.54) is 19.1 Å². The summed E-state index contributed by atoms with van der Waals surface area (Å²) in [6, 6.07) is 3.86. The summed E-state index contributed by atoms with van der Waals surface area (Å²) in [6.45, 7) is 2.86. The van der Waals surface area contributed by atoms with E-state index in [-0.39, 0.29) is 35.5 Å². The molecule has 1 aliphatic rings. The van der Waals surface area contributed by atoms with Gasteiger partial charge < -0.3 is 10.6 Å². The molecule has 3 nitrogen and oxygen atoms in total. The summed E-state index contributed by atoms with van der Waals surface area (Å²) in [7, 11) is 0. The smallest absolute Gasteiger partial charge is 0.326 e. The second-order valence-electron chi connectivity index (χ2n) is 5.06. The molecular weight excluding hydrogens is 305 g/mol. The number of carbonyl (C=O) groups excluding carboxylic acids is 1. The van der Waals surface area contributed by atoms with Gasteiger partial charge in [-0.3, -0.25) is 4.79 Å². The fourth-order valence-electron chi connectivity index (χ4n) is 2.33. The normalized spacial score (nSPS) is 18.8. The maximum atomic E-state index is 12.8. The van der Waals surface area contributed by atoms with Crippen LogP contribution in [0.2, 0.25) is 0 Å². The third kappa shape index (κ3) is 4.61. The second-order valence-corrected chi connectivity index (χ2v) is 5.06. The van der Waals surface area contributed by atoms with E-state index in [0.29, 0.717) is 6.54 Å². The Morgan fingerprint density at radius 1 is 1.38 bits per heavy atom. The van der Waals surface area contributed by atoms with Crippen LogP contribution in [-0.2, 0) is 11.0 Å². The molecule has 0 saturated carbocycles. The van der Waals surface area contributed by atoms with Crippen LogP contribution in [0.15, 0.2) is 18.2 Å². The first-order valence-electron chi connectivity index (χ1n) is 6.57. The molecule has 1 heterocycles. The third-order valence-corrected chi connectivity index (χ3v) is 3.48. The van der Waals surface area contributed by atoms with Crippen molar-refractivity contribution in [1.82, 2.24) is 5.32 Å². The number of amides is 1. The highest BCUT2D eigenvalue weighted by Gasteiger charge is 2.32. The van der Waals surface area contributed by atoms with Crippen molar-refractivity contribution in [1.29, 1.82) is 0 Å². The zero-order valence-electron chi connectivity index (χ0n) is 11.6. The lowest BCUT2D eigenvalue weighted by Gasteiger charge is -2.22. The quantitative estimate of drug-likeness (QED) is 0.876. The van der Waals surface area contributed by atoms with Gasteiger partial charge in [0.05, 0.1) is 11.5 Å². The minimum Gasteiger partial charge on any atom is -0.326 e. The Kier molecular flexibility index (Phi) is 6.04. The number of aryl methyl sites for hydroxylation is 1. The van der Waals surface area contributed by atoms with Gasteiger partial charge in [0.2, 0.25) is 5.91 Å². The maximum absolute atomic E-state index is 12.8. The van der Waals surface area contributed by atoms with Crippen LogP contribution in [0.25, 0.3) is 0 Å². The minimum atomic E-state index is -4.41. The highest BCUT2D eigenvalue weighted by atomic mass is 35.5. The number of carbonyl (C=O) groups is 1. The van der Waals surface area contributed by atoms with Crippen molar-refractivity contribution in [2.75, 3.05) is 18.4 Å². The molecule has 1 aromatic carbocycles. The zero-order chi connectivity index (χ0) is 14.8. The van der Waals surface area contributed by atoms with Gasteiger partial charge in [0.25, 0.3) is 0 Å². The van der Waals surface area contributed by atoms with Gasteiger partial charge in [-0.2, -0.15) is 13.2 Å². The van der Waals surface area contributed by atoms with Gasteiger partial charge in [0.15, 0.2) is 0 Å². The fraction of sp³-hybridized carbons (Fsp3) is 0.500. The molecule has 0 spiro atoms. The Balaban J connectivity index is 0.00000220. The number of hydrogen-bond acceptors (Lipinski definition) is 2. The monoisotopic (exact) mass is 322 g/mol. The Bertz CT molecular complexity index is 499. The molecule has 0 bridgehead atoms. The number of alkyl halides is 3. The number of rotatable bonds is 2. The fourth-order valence-corrected chi connectivity index (χ4v) is 2.33. The van der Waals surface area contributed by atoms with E-state index in [9.17, 15) is 18.0 Å². The van der Waals surface area contributed by atoms with Crippen LogP contribution in [0.5, 0.6) is 0 Å². The van der Waals surface area contributed by atoms with Crippen molar-refractivity contribution in [2.24, 2.45) is 5.92 Å². The molecule has 0 aliphatic carbocycles. The molecule has 7 heteroatoms. The number of piperidine rings is 1. The van der Waals surface area contributed by atoms with E-state index in [0.717, 1.165) is 25.5 Å². The molecule has 1 saturated heterocycles. The largest absolute Gasteiger partial charge is 0.416 e.